The van der Waals surface area contributed by atoms with Gasteiger partial charge in [0.05, 0.1) is 12.0 Å². The summed E-state index contributed by atoms with van der Waals surface area (Å²) in [5, 5.41) is 0. The quantitative estimate of drug-likeness (QED) is 0.728. The standard InChI is InChI=1S/C19H23F3N2O3/c20-19(21,22)14-7-5-13(6-8-14)18(26)24-10-2-3-15(24)12-27-17-4-1-9-23-16(17)11-25/h1,4,9,11,13-15H,2-3,5-8,10,12H2/t13?,14?,15-/m1/s1. The lowest BCUT2D eigenvalue weighted by Crippen LogP contribution is -2.43. The van der Waals surface area contributed by atoms with Gasteiger partial charge in [0.1, 0.15) is 18.1 Å². The first-order chi connectivity index (χ1) is 12.9. The first kappa shape index (κ1) is 19.6. The van der Waals surface area contributed by atoms with Gasteiger partial charge in [-0.3, -0.25) is 9.59 Å². The van der Waals surface area contributed by atoms with E-state index in [4.69, 9.17) is 4.74 Å². The van der Waals surface area contributed by atoms with Crippen LogP contribution < -0.4 is 4.74 Å². The molecule has 0 spiro atoms. The Morgan fingerprint density at radius 2 is 2.00 bits per heavy atom. The van der Waals surface area contributed by atoms with Gasteiger partial charge in [0.15, 0.2) is 6.29 Å². The van der Waals surface area contributed by atoms with E-state index in [9.17, 15) is 22.8 Å². The molecule has 1 aliphatic carbocycles. The lowest BCUT2D eigenvalue weighted by atomic mass is 9.81. The Morgan fingerprint density at radius 3 is 2.67 bits per heavy atom. The molecule has 3 rings (SSSR count). The monoisotopic (exact) mass is 384 g/mol. The van der Waals surface area contributed by atoms with Crippen LogP contribution in [0, 0.1) is 11.8 Å². The van der Waals surface area contributed by atoms with E-state index in [1.165, 1.54) is 6.20 Å². The number of amides is 1. The number of pyridine rings is 1. The number of aromatic nitrogens is 1. The number of hydrogen-bond donors (Lipinski definition) is 0. The fourth-order valence-corrected chi connectivity index (χ4v) is 4.00. The van der Waals surface area contributed by atoms with E-state index >= 15 is 0 Å². The average molecular weight is 384 g/mol. The highest BCUT2D eigenvalue weighted by atomic mass is 19.4. The van der Waals surface area contributed by atoms with Crippen LogP contribution in [-0.4, -0.2) is 47.4 Å². The van der Waals surface area contributed by atoms with Crippen LogP contribution in [0.3, 0.4) is 0 Å². The summed E-state index contributed by atoms with van der Waals surface area (Å²) in [6, 6.07) is 3.19. The van der Waals surface area contributed by atoms with E-state index in [-0.39, 0.29) is 55.9 Å². The minimum Gasteiger partial charge on any atom is -0.489 e. The molecule has 1 atom stereocenters. The van der Waals surface area contributed by atoms with E-state index in [0.29, 0.717) is 18.6 Å². The first-order valence-electron chi connectivity index (χ1n) is 9.30. The molecule has 2 heterocycles. The number of aldehydes is 1. The molecule has 1 saturated carbocycles. The van der Waals surface area contributed by atoms with Crippen molar-refractivity contribution in [3.63, 3.8) is 0 Å². The number of halogens is 3. The number of carbonyl (C=O) groups is 2. The van der Waals surface area contributed by atoms with Crippen molar-refractivity contribution in [1.82, 2.24) is 9.88 Å². The molecule has 1 amide bonds. The largest absolute Gasteiger partial charge is 0.489 e. The Hall–Kier alpha value is -2.12. The zero-order valence-electron chi connectivity index (χ0n) is 15.0. The van der Waals surface area contributed by atoms with Gasteiger partial charge in [-0.1, -0.05) is 0 Å². The van der Waals surface area contributed by atoms with E-state index < -0.39 is 12.1 Å². The summed E-state index contributed by atoms with van der Waals surface area (Å²) in [4.78, 5) is 29.5. The van der Waals surface area contributed by atoms with Gasteiger partial charge in [-0.05, 0) is 50.7 Å². The van der Waals surface area contributed by atoms with Crippen LogP contribution in [0.5, 0.6) is 5.75 Å². The normalized spacial score (nSPS) is 26.0. The summed E-state index contributed by atoms with van der Waals surface area (Å²) in [6.45, 7) is 0.843. The molecule has 0 N–H and O–H groups in total. The third-order valence-corrected chi connectivity index (χ3v) is 5.54. The molecule has 0 radical (unpaired) electrons. The molecule has 1 aromatic heterocycles. The maximum atomic E-state index is 12.8. The molecule has 8 heteroatoms. The third-order valence-electron chi connectivity index (χ3n) is 5.54. The van der Waals surface area contributed by atoms with Gasteiger partial charge >= 0.3 is 6.18 Å². The second-order valence-corrected chi connectivity index (χ2v) is 7.23. The Morgan fingerprint density at radius 1 is 1.26 bits per heavy atom. The number of nitrogens with zero attached hydrogens (tertiary/aromatic N) is 2. The smallest absolute Gasteiger partial charge is 0.391 e. The predicted molar refractivity (Wildman–Crippen MR) is 91.4 cm³/mol. The van der Waals surface area contributed by atoms with Crippen molar-refractivity contribution in [1.29, 1.82) is 0 Å². The number of hydrogen-bond acceptors (Lipinski definition) is 4. The van der Waals surface area contributed by atoms with Crippen molar-refractivity contribution >= 4 is 12.2 Å². The Labute approximate surface area is 155 Å². The van der Waals surface area contributed by atoms with Gasteiger partial charge in [0, 0.05) is 18.7 Å². The summed E-state index contributed by atoms with van der Waals surface area (Å²) in [5.74, 6) is -1.32. The molecule has 0 bridgehead atoms. The first-order valence-corrected chi connectivity index (χ1v) is 9.30. The molecular formula is C19H23F3N2O3. The fraction of sp³-hybridized carbons (Fsp3) is 0.632. The van der Waals surface area contributed by atoms with Crippen LogP contribution in [0.15, 0.2) is 18.3 Å². The van der Waals surface area contributed by atoms with Crippen molar-refractivity contribution in [3.05, 3.63) is 24.0 Å². The van der Waals surface area contributed by atoms with Gasteiger partial charge in [-0.15, -0.1) is 0 Å². The Kier molecular flexibility index (Phi) is 6.01. The summed E-state index contributed by atoms with van der Waals surface area (Å²) >= 11 is 0. The van der Waals surface area contributed by atoms with Gasteiger partial charge in [-0.2, -0.15) is 13.2 Å². The minimum atomic E-state index is -4.17. The van der Waals surface area contributed by atoms with E-state index in [1.807, 2.05) is 0 Å². The summed E-state index contributed by atoms with van der Waals surface area (Å²) in [6.07, 6.45) is 0.172. The second-order valence-electron chi connectivity index (χ2n) is 7.23. The summed E-state index contributed by atoms with van der Waals surface area (Å²) in [5.41, 5.74) is 0.207. The van der Waals surface area contributed by atoms with Crippen molar-refractivity contribution < 1.29 is 27.5 Å². The van der Waals surface area contributed by atoms with Gasteiger partial charge in [0.2, 0.25) is 5.91 Å². The molecule has 2 aliphatic rings. The van der Waals surface area contributed by atoms with Crippen LogP contribution in [0.25, 0.3) is 0 Å². The molecule has 2 fully saturated rings. The lowest BCUT2D eigenvalue weighted by molar-refractivity contribution is -0.185. The average Bonchev–Trinajstić information content (AvgIpc) is 3.14. The van der Waals surface area contributed by atoms with Crippen LogP contribution in [0.4, 0.5) is 13.2 Å². The van der Waals surface area contributed by atoms with Crippen LogP contribution in [0.2, 0.25) is 0 Å². The van der Waals surface area contributed by atoms with E-state index in [2.05, 4.69) is 4.98 Å². The molecule has 0 unspecified atom stereocenters. The number of likely N-dealkylation sites (tertiary alicyclic amines) is 1. The number of rotatable bonds is 5. The zero-order valence-corrected chi connectivity index (χ0v) is 15.0. The highest BCUT2D eigenvalue weighted by Crippen LogP contribution is 2.40. The highest BCUT2D eigenvalue weighted by molar-refractivity contribution is 5.79. The predicted octanol–water partition coefficient (Wildman–Crippen LogP) is 3.63. The molecule has 1 saturated heterocycles. The lowest BCUT2D eigenvalue weighted by Gasteiger charge is -2.33. The van der Waals surface area contributed by atoms with Crippen molar-refractivity contribution in [2.45, 2.75) is 50.7 Å². The SMILES string of the molecule is O=Cc1ncccc1OC[C@H]1CCCN1C(=O)C1CCC(C(F)(F)F)CC1. The molecule has 1 aromatic rings. The molecule has 27 heavy (non-hydrogen) atoms. The maximum Gasteiger partial charge on any atom is 0.391 e. The highest BCUT2D eigenvalue weighted by Gasteiger charge is 2.43. The molecule has 148 valence electrons. The van der Waals surface area contributed by atoms with Crippen LogP contribution in [-0.2, 0) is 4.79 Å². The summed E-state index contributed by atoms with van der Waals surface area (Å²) < 4.78 is 44.1. The van der Waals surface area contributed by atoms with Gasteiger partial charge in [-0.25, -0.2) is 4.98 Å². The van der Waals surface area contributed by atoms with E-state index in [1.54, 1.807) is 17.0 Å². The minimum absolute atomic E-state index is 0.0211. The van der Waals surface area contributed by atoms with Crippen molar-refractivity contribution in [3.8, 4) is 5.75 Å². The topological polar surface area (TPSA) is 59.5 Å². The second kappa shape index (κ2) is 8.27. The number of carbonyl (C=O) groups excluding carboxylic acids is 2. The summed E-state index contributed by atoms with van der Waals surface area (Å²) in [7, 11) is 0. The van der Waals surface area contributed by atoms with Crippen molar-refractivity contribution in [2.24, 2.45) is 11.8 Å². The molecule has 5 nitrogen and oxygen atoms in total. The van der Waals surface area contributed by atoms with Crippen LogP contribution in [0.1, 0.15) is 49.0 Å². The molecule has 0 aromatic carbocycles. The van der Waals surface area contributed by atoms with E-state index in [0.717, 1.165) is 12.8 Å². The number of alkyl halides is 3. The third kappa shape index (κ3) is 4.59. The van der Waals surface area contributed by atoms with Gasteiger partial charge < -0.3 is 9.64 Å². The van der Waals surface area contributed by atoms with Gasteiger partial charge in [0.25, 0.3) is 0 Å². The Balaban J connectivity index is 1.56. The zero-order chi connectivity index (χ0) is 19.4. The maximum absolute atomic E-state index is 12.8. The van der Waals surface area contributed by atoms with Crippen LogP contribution >= 0.6 is 0 Å². The molecular weight excluding hydrogens is 361 g/mol. The Bertz CT molecular complexity index is 672. The van der Waals surface area contributed by atoms with Crippen molar-refractivity contribution in [2.75, 3.05) is 13.2 Å². The fourth-order valence-electron chi connectivity index (χ4n) is 4.00. The number of ether oxygens (including phenoxy) is 1. The molecule has 1 aliphatic heterocycles.